The largest absolute Gasteiger partial charge is 0.573 e. The lowest BCUT2D eigenvalue weighted by Gasteiger charge is -2.33. The van der Waals surface area contributed by atoms with Crippen LogP contribution in [0.1, 0.15) is 6.92 Å². The van der Waals surface area contributed by atoms with Crippen LogP contribution < -0.4 is 15.8 Å². The van der Waals surface area contributed by atoms with Crippen molar-refractivity contribution in [2.24, 2.45) is 10.7 Å². The number of nitrogens with two attached hydrogens (primary N) is 1. The molecule has 25 heavy (non-hydrogen) atoms. The molecule has 1 heterocycles. The molecule has 0 aromatic heterocycles. The maximum Gasteiger partial charge on any atom is 0.573 e. The quantitative estimate of drug-likeness (QED) is 0.600. The van der Waals surface area contributed by atoms with Gasteiger partial charge in [0, 0.05) is 38.4 Å². The van der Waals surface area contributed by atoms with E-state index in [2.05, 4.69) is 31.8 Å². The van der Waals surface area contributed by atoms with Crippen LogP contribution in [0.25, 0.3) is 0 Å². The minimum atomic E-state index is -4.70. The molecule has 0 radical (unpaired) electrons. The number of likely N-dealkylation sites (N-methyl/N-ethyl adjacent to an activating group) is 1. The summed E-state index contributed by atoms with van der Waals surface area (Å²) < 4.78 is 40.1. The summed E-state index contributed by atoms with van der Waals surface area (Å²) in [6.45, 7) is 8.83. The van der Waals surface area contributed by atoms with Crippen LogP contribution in [0.4, 0.5) is 18.9 Å². The molecule has 1 aliphatic rings. The predicted octanol–water partition coefficient (Wildman–Crippen LogP) is 1.95. The molecule has 0 amide bonds. The Bertz CT molecular complexity index is 554. The van der Waals surface area contributed by atoms with Crippen molar-refractivity contribution in [1.29, 1.82) is 0 Å². The van der Waals surface area contributed by atoms with Gasteiger partial charge in [0.1, 0.15) is 5.75 Å². The van der Waals surface area contributed by atoms with Gasteiger partial charge in [-0.15, -0.1) is 13.2 Å². The van der Waals surface area contributed by atoms with Gasteiger partial charge in [0.2, 0.25) is 0 Å². The lowest BCUT2D eigenvalue weighted by atomic mass is 10.3. The summed E-state index contributed by atoms with van der Waals surface area (Å²) in [6, 6.07) is 5.34. The van der Waals surface area contributed by atoms with Crippen LogP contribution in [-0.4, -0.2) is 67.9 Å². The molecule has 0 spiro atoms. The maximum atomic E-state index is 12.1. The number of anilines is 1. The zero-order valence-corrected chi connectivity index (χ0v) is 14.2. The number of benzene rings is 1. The monoisotopic (exact) mass is 359 g/mol. The first-order valence-electron chi connectivity index (χ1n) is 8.23. The average Bonchev–Trinajstić information content (AvgIpc) is 2.56. The van der Waals surface area contributed by atoms with E-state index in [-0.39, 0.29) is 11.7 Å². The summed E-state index contributed by atoms with van der Waals surface area (Å²) in [5, 5.41) is 2.85. The molecular formula is C16H24F3N5O. The molecule has 1 aromatic rings. The molecule has 1 aromatic carbocycles. The first-order chi connectivity index (χ1) is 11.9. The molecule has 0 aliphatic carbocycles. The number of piperazine rings is 1. The summed E-state index contributed by atoms with van der Waals surface area (Å²) in [4.78, 5) is 9.00. The van der Waals surface area contributed by atoms with Crippen LogP contribution in [0, 0.1) is 0 Å². The zero-order chi connectivity index (χ0) is 18.3. The fraction of sp³-hybridized carbons (Fsp3) is 0.562. The van der Waals surface area contributed by atoms with Crippen LogP contribution in [0.15, 0.2) is 29.3 Å². The Morgan fingerprint density at radius 2 is 1.76 bits per heavy atom. The van der Waals surface area contributed by atoms with Gasteiger partial charge >= 0.3 is 6.36 Å². The topological polar surface area (TPSA) is 66.1 Å². The zero-order valence-electron chi connectivity index (χ0n) is 14.2. The molecule has 0 saturated carbocycles. The van der Waals surface area contributed by atoms with Gasteiger partial charge in [-0.3, -0.25) is 9.89 Å². The second-order valence-corrected chi connectivity index (χ2v) is 5.74. The number of aliphatic imine (C=N–C) groups is 1. The smallest absolute Gasteiger partial charge is 0.406 e. The van der Waals surface area contributed by atoms with Crippen molar-refractivity contribution in [2.75, 3.05) is 51.1 Å². The Morgan fingerprint density at radius 1 is 1.16 bits per heavy atom. The van der Waals surface area contributed by atoms with E-state index in [4.69, 9.17) is 5.73 Å². The van der Waals surface area contributed by atoms with Crippen LogP contribution in [0.3, 0.4) is 0 Å². The van der Waals surface area contributed by atoms with Gasteiger partial charge in [-0.25, -0.2) is 0 Å². The number of nitrogens with zero attached hydrogens (tertiary/aromatic N) is 3. The third-order valence-corrected chi connectivity index (χ3v) is 3.97. The van der Waals surface area contributed by atoms with Crippen molar-refractivity contribution >= 4 is 11.6 Å². The Labute approximate surface area is 145 Å². The minimum absolute atomic E-state index is 0.233. The fourth-order valence-corrected chi connectivity index (χ4v) is 2.57. The molecule has 0 bridgehead atoms. The second-order valence-electron chi connectivity index (χ2n) is 5.74. The van der Waals surface area contributed by atoms with Crippen molar-refractivity contribution < 1.29 is 17.9 Å². The van der Waals surface area contributed by atoms with Crippen molar-refractivity contribution in [1.82, 2.24) is 9.80 Å². The second kappa shape index (κ2) is 8.91. The van der Waals surface area contributed by atoms with E-state index in [1.165, 1.54) is 24.3 Å². The molecule has 9 heteroatoms. The number of nitrogens with one attached hydrogen (secondary N) is 1. The Hall–Kier alpha value is -2.00. The van der Waals surface area contributed by atoms with E-state index in [0.717, 1.165) is 39.3 Å². The van der Waals surface area contributed by atoms with Gasteiger partial charge in [0.05, 0.1) is 6.54 Å². The fourth-order valence-electron chi connectivity index (χ4n) is 2.57. The van der Waals surface area contributed by atoms with Gasteiger partial charge in [-0.2, -0.15) is 0 Å². The SMILES string of the molecule is CCN1CCN(CCN=C(N)Nc2ccc(OC(F)(F)F)cc2)CC1. The third kappa shape index (κ3) is 7.18. The van der Waals surface area contributed by atoms with Crippen LogP contribution in [0.5, 0.6) is 5.75 Å². The lowest BCUT2D eigenvalue weighted by Crippen LogP contribution is -2.46. The van der Waals surface area contributed by atoms with Gasteiger partial charge < -0.3 is 20.7 Å². The van der Waals surface area contributed by atoms with Gasteiger partial charge in [-0.1, -0.05) is 6.92 Å². The normalized spacial score (nSPS) is 17.5. The van der Waals surface area contributed by atoms with Gasteiger partial charge in [-0.05, 0) is 30.8 Å². The van der Waals surface area contributed by atoms with E-state index >= 15 is 0 Å². The highest BCUT2D eigenvalue weighted by molar-refractivity contribution is 5.92. The summed E-state index contributed by atoms with van der Waals surface area (Å²) >= 11 is 0. The van der Waals surface area contributed by atoms with Crippen molar-refractivity contribution in [3.63, 3.8) is 0 Å². The number of halogens is 3. The highest BCUT2D eigenvalue weighted by Gasteiger charge is 2.30. The Kier molecular flexibility index (Phi) is 6.89. The van der Waals surface area contributed by atoms with Crippen LogP contribution in [0.2, 0.25) is 0 Å². The minimum Gasteiger partial charge on any atom is -0.406 e. The number of ether oxygens (including phenoxy) is 1. The molecule has 0 atom stereocenters. The molecule has 1 saturated heterocycles. The molecule has 1 aliphatic heterocycles. The van der Waals surface area contributed by atoms with E-state index in [9.17, 15) is 13.2 Å². The number of rotatable bonds is 6. The third-order valence-electron chi connectivity index (χ3n) is 3.97. The average molecular weight is 359 g/mol. The van der Waals surface area contributed by atoms with Crippen molar-refractivity contribution in [3.05, 3.63) is 24.3 Å². The molecule has 1 fully saturated rings. The molecule has 0 unspecified atom stereocenters. The molecule has 140 valence electrons. The van der Waals surface area contributed by atoms with E-state index in [0.29, 0.717) is 12.2 Å². The Morgan fingerprint density at radius 3 is 2.32 bits per heavy atom. The van der Waals surface area contributed by atoms with E-state index in [1.807, 2.05) is 0 Å². The number of guanidine groups is 1. The first kappa shape index (κ1) is 19.3. The summed E-state index contributed by atoms with van der Waals surface area (Å²) in [6.07, 6.45) is -4.70. The van der Waals surface area contributed by atoms with Gasteiger partial charge in [0.15, 0.2) is 5.96 Å². The van der Waals surface area contributed by atoms with Crippen molar-refractivity contribution in [2.45, 2.75) is 13.3 Å². The standard InChI is InChI=1S/C16H24F3N5O/c1-2-23-9-11-24(12-10-23)8-7-21-15(20)22-13-3-5-14(6-4-13)25-16(17,18)19/h3-6H,2,7-12H2,1H3,(H3,20,21,22). The Balaban J connectivity index is 1.73. The summed E-state index contributed by atoms with van der Waals surface area (Å²) in [5.41, 5.74) is 6.35. The molecular weight excluding hydrogens is 335 g/mol. The highest BCUT2D eigenvalue weighted by Crippen LogP contribution is 2.23. The molecule has 6 nitrogen and oxygen atoms in total. The van der Waals surface area contributed by atoms with E-state index < -0.39 is 6.36 Å². The number of hydrogen-bond acceptors (Lipinski definition) is 4. The number of alkyl halides is 3. The molecule has 2 rings (SSSR count). The van der Waals surface area contributed by atoms with Gasteiger partial charge in [0.25, 0.3) is 0 Å². The van der Waals surface area contributed by atoms with Crippen molar-refractivity contribution in [3.8, 4) is 5.75 Å². The van der Waals surface area contributed by atoms with E-state index in [1.54, 1.807) is 0 Å². The summed E-state index contributed by atoms with van der Waals surface area (Å²) in [7, 11) is 0. The lowest BCUT2D eigenvalue weighted by molar-refractivity contribution is -0.274. The first-order valence-corrected chi connectivity index (χ1v) is 8.23. The van der Waals surface area contributed by atoms with Crippen LogP contribution >= 0.6 is 0 Å². The van der Waals surface area contributed by atoms with Crippen LogP contribution in [-0.2, 0) is 0 Å². The highest BCUT2D eigenvalue weighted by atomic mass is 19.4. The number of hydrogen-bond donors (Lipinski definition) is 2. The molecule has 3 N–H and O–H groups in total. The predicted molar refractivity (Wildman–Crippen MR) is 91.8 cm³/mol. The maximum absolute atomic E-state index is 12.1. The summed E-state index contributed by atoms with van der Waals surface area (Å²) in [5.74, 6) is -0.0449.